The molecule has 1 saturated carbocycles. The van der Waals surface area contributed by atoms with Crippen molar-refractivity contribution in [2.24, 2.45) is 10.1 Å². The summed E-state index contributed by atoms with van der Waals surface area (Å²) in [6.07, 6.45) is 4.86. The number of benzene rings is 2. The van der Waals surface area contributed by atoms with Crippen molar-refractivity contribution in [1.29, 1.82) is 0 Å². The van der Waals surface area contributed by atoms with E-state index in [0.29, 0.717) is 6.54 Å². The molecule has 0 amide bonds. The van der Waals surface area contributed by atoms with E-state index >= 15 is 0 Å². The lowest BCUT2D eigenvalue weighted by molar-refractivity contribution is 0.432. The summed E-state index contributed by atoms with van der Waals surface area (Å²) in [5.74, 6) is 0.769. The fourth-order valence-electron chi connectivity index (χ4n) is 3.96. The topological polar surface area (TPSA) is 96.6 Å². The summed E-state index contributed by atoms with van der Waals surface area (Å²) in [5.41, 5.74) is 2.46. The van der Waals surface area contributed by atoms with Crippen LogP contribution in [0.2, 0.25) is 0 Å². The Bertz CT molecular complexity index is 925. The van der Waals surface area contributed by atoms with Crippen LogP contribution in [-0.2, 0) is 22.0 Å². The zero-order valence-electron chi connectivity index (χ0n) is 17.3. The van der Waals surface area contributed by atoms with E-state index in [0.717, 1.165) is 24.6 Å². The molecule has 0 atom stereocenters. The summed E-state index contributed by atoms with van der Waals surface area (Å²) in [6.45, 7) is 4.11. The number of hydrogen-bond donors (Lipinski definition) is 3. The summed E-state index contributed by atoms with van der Waals surface area (Å²) >= 11 is 0. The van der Waals surface area contributed by atoms with E-state index in [9.17, 15) is 8.42 Å². The maximum absolute atomic E-state index is 11.4. The highest BCUT2D eigenvalue weighted by molar-refractivity contribution is 14.0. The second kappa shape index (κ2) is 11.1. The predicted molar refractivity (Wildman–Crippen MR) is 133 cm³/mol. The van der Waals surface area contributed by atoms with E-state index in [-0.39, 0.29) is 34.3 Å². The molecule has 3 rings (SSSR count). The SMILES string of the molecule is CCNC(=NCc1ccc(S(N)(=O)=O)cc1)NCC1(c2ccccc2)CCCC1.I. The first-order chi connectivity index (χ1) is 13.9. The summed E-state index contributed by atoms with van der Waals surface area (Å²) in [4.78, 5) is 4.79. The third kappa shape index (κ3) is 6.42. The van der Waals surface area contributed by atoms with E-state index < -0.39 is 10.0 Å². The number of halogens is 1. The van der Waals surface area contributed by atoms with Gasteiger partial charge in [0, 0.05) is 18.5 Å². The van der Waals surface area contributed by atoms with Crippen molar-refractivity contribution in [2.45, 2.75) is 49.5 Å². The molecule has 6 nitrogen and oxygen atoms in total. The van der Waals surface area contributed by atoms with Crippen molar-refractivity contribution in [2.75, 3.05) is 13.1 Å². The molecule has 2 aromatic carbocycles. The number of sulfonamides is 1. The van der Waals surface area contributed by atoms with Gasteiger partial charge in [-0.2, -0.15) is 0 Å². The molecule has 1 aliphatic rings. The zero-order chi connectivity index (χ0) is 20.7. The van der Waals surface area contributed by atoms with Gasteiger partial charge < -0.3 is 10.6 Å². The van der Waals surface area contributed by atoms with Crippen LogP contribution < -0.4 is 15.8 Å². The molecule has 4 N–H and O–H groups in total. The first-order valence-corrected chi connectivity index (χ1v) is 11.7. The lowest BCUT2D eigenvalue weighted by Gasteiger charge is -2.30. The maximum Gasteiger partial charge on any atom is 0.238 e. The number of rotatable bonds is 7. The minimum Gasteiger partial charge on any atom is -0.357 e. The minimum atomic E-state index is -3.67. The van der Waals surface area contributed by atoms with Crippen LogP contribution in [0.4, 0.5) is 0 Å². The van der Waals surface area contributed by atoms with Crippen molar-refractivity contribution in [3.63, 3.8) is 0 Å². The smallest absolute Gasteiger partial charge is 0.238 e. The summed E-state index contributed by atoms with van der Waals surface area (Å²) in [7, 11) is -3.67. The molecule has 0 saturated heterocycles. The first-order valence-electron chi connectivity index (χ1n) is 10.1. The van der Waals surface area contributed by atoms with Gasteiger partial charge in [0.25, 0.3) is 0 Å². The molecular formula is C22H31IN4O2S. The van der Waals surface area contributed by atoms with Gasteiger partial charge in [0.15, 0.2) is 5.96 Å². The van der Waals surface area contributed by atoms with Crippen LogP contribution in [0, 0.1) is 0 Å². The lowest BCUT2D eigenvalue weighted by atomic mass is 9.79. The number of guanidine groups is 1. The normalized spacial score (nSPS) is 16.0. The van der Waals surface area contributed by atoms with Gasteiger partial charge in [-0.25, -0.2) is 18.5 Å². The maximum atomic E-state index is 11.4. The Hall–Kier alpha value is -1.65. The van der Waals surface area contributed by atoms with Crippen molar-refractivity contribution < 1.29 is 8.42 Å². The average molecular weight is 542 g/mol. The molecule has 0 aromatic heterocycles. The molecule has 0 bridgehead atoms. The number of hydrogen-bond acceptors (Lipinski definition) is 3. The van der Waals surface area contributed by atoms with Crippen molar-refractivity contribution in [3.05, 3.63) is 65.7 Å². The first kappa shape index (κ1) is 24.6. The molecule has 0 heterocycles. The Labute approximate surface area is 196 Å². The van der Waals surface area contributed by atoms with Crippen molar-refractivity contribution in [1.82, 2.24) is 10.6 Å². The monoisotopic (exact) mass is 542 g/mol. The lowest BCUT2D eigenvalue weighted by Crippen LogP contribution is -2.44. The van der Waals surface area contributed by atoms with Crippen LogP contribution in [0.5, 0.6) is 0 Å². The van der Waals surface area contributed by atoms with E-state index in [2.05, 4.69) is 46.0 Å². The molecule has 0 spiro atoms. The standard InChI is InChI=1S/C22H30N4O2S.HI/c1-2-24-21(25-16-18-10-12-20(13-11-18)29(23,27)28)26-17-22(14-6-7-15-22)19-8-4-3-5-9-19;/h3-5,8-13H,2,6-7,14-17H2,1H3,(H2,23,27,28)(H2,24,25,26);1H. The highest BCUT2D eigenvalue weighted by Gasteiger charge is 2.35. The third-order valence-electron chi connectivity index (χ3n) is 5.56. The Morgan fingerprint density at radius 2 is 1.67 bits per heavy atom. The minimum absolute atomic E-state index is 0. The fraction of sp³-hybridized carbons (Fsp3) is 0.409. The molecule has 164 valence electrons. The third-order valence-corrected chi connectivity index (χ3v) is 6.49. The quantitative estimate of drug-likeness (QED) is 0.284. The predicted octanol–water partition coefficient (Wildman–Crippen LogP) is 3.52. The van der Waals surface area contributed by atoms with E-state index in [4.69, 9.17) is 5.14 Å². The molecular weight excluding hydrogens is 511 g/mol. The second-order valence-corrected chi connectivity index (χ2v) is 9.15. The Morgan fingerprint density at radius 3 is 2.23 bits per heavy atom. The highest BCUT2D eigenvalue weighted by Crippen LogP contribution is 2.40. The van der Waals surface area contributed by atoms with Crippen molar-refractivity contribution >= 4 is 40.0 Å². The zero-order valence-corrected chi connectivity index (χ0v) is 20.5. The Balaban J connectivity index is 0.00000320. The molecule has 0 aliphatic heterocycles. The summed E-state index contributed by atoms with van der Waals surface area (Å²) in [6, 6.07) is 17.3. The number of aliphatic imine (C=N–C) groups is 1. The van der Waals surface area contributed by atoms with Gasteiger partial charge in [0.05, 0.1) is 11.4 Å². The highest BCUT2D eigenvalue weighted by atomic mass is 127. The molecule has 0 unspecified atom stereocenters. The van der Waals surface area contributed by atoms with Gasteiger partial charge in [-0.3, -0.25) is 0 Å². The number of nitrogens with two attached hydrogens (primary N) is 1. The largest absolute Gasteiger partial charge is 0.357 e. The van der Waals surface area contributed by atoms with Gasteiger partial charge >= 0.3 is 0 Å². The average Bonchev–Trinajstić information content (AvgIpc) is 3.21. The fourth-order valence-corrected chi connectivity index (χ4v) is 4.48. The van der Waals surface area contributed by atoms with Crippen LogP contribution in [-0.4, -0.2) is 27.5 Å². The summed E-state index contributed by atoms with van der Waals surface area (Å²) < 4.78 is 22.8. The number of primary sulfonamides is 1. The van der Waals surface area contributed by atoms with Crippen LogP contribution >= 0.6 is 24.0 Å². The molecule has 1 fully saturated rings. The molecule has 30 heavy (non-hydrogen) atoms. The molecule has 2 aromatic rings. The Morgan fingerprint density at radius 1 is 1.03 bits per heavy atom. The van der Waals surface area contributed by atoms with E-state index in [1.54, 1.807) is 12.1 Å². The molecule has 0 radical (unpaired) electrons. The van der Waals surface area contributed by atoms with Gasteiger partial charge in [-0.1, -0.05) is 55.3 Å². The number of nitrogens with one attached hydrogen (secondary N) is 2. The van der Waals surface area contributed by atoms with Gasteiger partial charge in [0.2, 0.25) is 10.0 Å². The Kier molecular flexibility index (Phi) is 9.11. The molecule has 1 aliphatic carbocycles. The molecule has 8 heteroatoms. The van der Waals surface area contributed by atoms with Gasteiger partial charge in [-0.05, 0) is 43.0 Å². The van der Waals surface area contributed by atoms with Crippen LogP contribution in [0.15, 0.2) is 64.5 Å². The van der Waals surface area contributed by atoms with Gasteiger partial charge in [-0.15, -0.1) is 24.0 Å². The van der Waals surface area contributed by atoms with Crippen molar-refractivity contribution in [3.8, 4) is 0 Å². The number of nitrogens with zero attached hydrogens (tertiary/aromatic N) is 1. The van der Waals surface area contributed by atoms with E-state index in [1.165, 1.54) is 43.4 Å². The second-order valence-electron chi connectivity index (χ2n) is 7.59. The van der Waals surface area contributed by atoms with E-state index in [1.807, 2.05) is 6.92 Å². The summed E-state index contributed by atoms with van der Waals surface area (Å²) in [5, 5.41) is 12.0. The van der Waals surface area contributed by atoms with Crippen LogP contribution in [0.25, 0.3) is 0 Å². The van der Waals surface area contributed by atoms with Crippen LogP contribution in [0.3, 0.4) is 0 Å². The van der Waals surface area contributed by atoms with Crippen LogP contribution in [0.1, 0.15) is 43.7 Å². The van der Waals surface area contributed by atoms with Gasteiger partial charge in [0.1, 0.15) is 0 Å².